The average molecular weight is 504 g/mol. The summed E-state index contributed by atoms with van der Waals surface area (Å²) >= 11 is 0. The Hall–Kier alpha value is -2.83. The molecule has 0 saturated carbocycles. The van der Waals surface area contributed by atoms with Gasteiger partial charge < -0.3 is 24.8 Å². The zero-order chi connectivity index (χ0) is 25.7. The lowest BCUT2D eigenvalue weighted by Gasteiger charge is -2.24. The molecule has 12 nitrogen and oxygen atoms in total. The second-order valence-corrected chi connectivity index (χ2v) is 9.60. The number of urea groups is 1. The van der Waals surface area contributed by atoms with E-state index in [9.17, 15) is 9.59 Å². The zero-order valence-electron chi connectivity index (χ0n) is 21.5. The number of likely N-dealkylation sites (N-methyl/N-ethyl adjacent to an activating group) is 1. The van der Waals surface area contributed by atoms with E-state index in [-0.39, 0.29) is 17.8 Å². The fourth-order valence-electron chi connectivity index (χ4n) is 4.68. The second-order valence-electron chi connectivity index (χ2n) is 9.60. The van der Waals surface area contributed by atoms with E-state index in [1.165, 1.54) is 32.0 Å². The smallest absolute Gasteiger partial charge is 0.320 e. The number of carbonyl (C=O) groups is 2. The molecule has 4 rings (SSSR count). The van der Waals surface area contributed by atoms with Crippen LogP contribution >= 0.6 is 0 Å². The average Bonchev–Trinajstić information content (AvgIpc) is 3.49. The molecular formula is C24H37N7O5. The quantitative estimate of drug-likeness (QED) is 0.398. The Morgan fingerprint density at radius 1 is 1.00 bits per heavy atom. The Bertz CT molecular complexity index is 1060. The molecule has 0 bridgehead atoms. The number of hydrogen-bond donors (Lipinski definition) is 3. The largest absolute Gasteiger partial charge is 0.354 e. The maximum absolute atomic E-state index is 12.7. The molecule has 0 aromatic carbocycles. The number of amides is 3. The summed E-state index contributed by atoms with van der Waals surface area (Å²) in [6.45, 7) is 8.71. The lowest BCUT2D eigenvalue weighted by Crippen LogP contribution is -2.42. The topological polar surface area (TPSA) is 142 Å². The third-order valence-corrected chi connectivity index (χ3v) is 6.32. The van der Waals surface area contributed by atoms with Crippen molar-refractivity contribution in [1.82, 2.24) is 30.2 Å². The van der Waals surface area contributed by atoms with Crippen molar-refractivity contribution in [3.05, 3.63) is 12.7 Å². The normalized spacial score (nSPS) is 24.6. The van der Waals surface area contributed by atoms with Crippen molar-refractivity contribution in [3.63, 3.8) is 0 Å². The molecule has 0 radical (unpaired) electrons. The van der Waals surface area contributed by atoms with E-state index in [2.05, 4.69) is 37.8 Å². The number of ether oxygens (including phenoxy) is 3. The minimum atomic E-state index is -0.867. The molecule has 4 heterocycles. The minimum Gasteiger partial charge on any atom is -0.354 e. The summed E-state index contributed by atoms with van der Waals surface area (Å²) in [5, 5.41) is 8.42. The van der Waals surface area contributed by atoms with Crippen LogP contribution in [0.2, 0.25) is 0 Å². The summed E-state index contributed by atoms with van der Waals surface area (Å²) < 4.78 is 19.9. The molecular weight excluding hydrogens is 466 g/mol. The summed E-state index contributed by atoms with van der Waals surface area (Å²) in [6, 6.07) is -0.346. The molecule has 36 heavy (non-hydrogen) atoms. The van der Waals surface area contributed by atoms with Gasteiger partial charge in [0.05, 0.1) is 6.33 Å². The maximum atomic E-state index is 12.7. The van der Waals surface area contributed by atoms with Crippen molar-refractivity contribution in [3.8, 4) is 0 Å². The van der Waals surface area contributed by atoms with Crippen molar-refractivity contribution in [1.29, 1.82) is 0 Å². The molecule has 12 heteroatoms. The van der Waals surface area contributed by atoms with Crippen molar-refractivity contribution in [2.75, 3.05) is 18.4 Å². The van der Waals surface area contributed by atoms with Gasteiger partial charge in [-0.15, -0.1) is 0 Å². The van der Waals surface area contributed by atoms with Crippen LogP contribution in [0.25, 0.3) is 11.2 Å². The summed E-state index contributed by atoms with van der Waals surface area (Å²) in [5.41, 5.74) is 0.858. The Morgan fingerprint density at radius 2 is 1.75 bits per heavy atom. The van der Waals surface area contributed by atoms with Gasteiger partial charge in [-0.3, -0.25) is 14.7 Å². The molecule has 198 valence electrons. The fraction of sp³-hybridized carbons (Fsp3) is 0.708. The van der Waals surface area contributed by atoms with Crippen LogP contribution in [0, 0.1) is 0 Å². The fourth-order valence-corrected chi connectivity index (χ4v) is 4.68. The number of unbranched alkanes of at least 4 members (excludes halogenated alkanes) is 5. The lowest BCUT2D eigenvalue weighted by atomic mass is 10.1. The molecule has 2 aromatic heterocycles. The van der Waals surface area contributed by atoms with Crippen LogP contribution < -0.4 is 16.0 Å². The van der Waals surface area contributed by atoms with Gasteiger partial charge >= 0.3 is 6.03 Å². The summed E-state index contributed by atoms with van der Waals surface area (Å²) in [6.07, 6.45) is 7.14. The Labute approximate surface area is 210 Å². The molecule has 0 aliphatic carbocycles. The molecule has 4 atom stereocenters. The van der Waals surface area contributed by atoms with Gasteiger partial charge in [0.15, 0.2) is 35.1 Å². The maximum Gasteiger partial charge on any atom is 0.320 e. The van der Waals surface area contributed by atoms with Crippen LogP contribution in [0.1, 0.15) is 72.4 Å². The predicted molar refractivity (Wildman–Crippen MR) is 132 cm³/mol. The number of imidazole rings is 1. The van der Waals surface area contributed by atoms with Crippen molar-refractivity contribution >= 4 is 28.9 Å². The standard InChI is InChI=1S/C24H37N7O5/c1-5-7-8-9-10-11-12-26-23(33)30-19-15-20(28-13-27-19)31(14-29-15)22-18-16(35-24(3,4)36-18)17(34-22)21(32)25-6-2/h13-14,16-18,22H,5-12H2,1-4H3,(H,25,32)(H2,26,27,28,30,33)/t16-,17+,18-,22-/m1/s1. The van der Waals surface area contributed by atoms with Crippen molar-refractivity contribution in [2.24, 2.45) is 0 Å². The third-order valence-electron chi connectivity index (χ3n) is 6.32. The molecule has 0 spiro atoms. The molecule has 2 aliphatic heterocycles. The Balaban J connectivity index is 1.44. The number of nitrogens with zero attached hydrogens (tertiary/aromatic N) is 4. The van der Waals surface area contributed by atoms with Crippen molar-refractivity contribution in [2.45, 2.75) is 96.5 Å². The van der Waals surface area contributed by atoms with Gasteiger partial charge in [-0.1, -0.05) is 39.0 Å². The molecule has 2 fully saturated rings. The highest BCUT2D eigenvalue weighted by molar-refractivity contribution is 5.95. The third kappa shape index (κ3) is 5.76. The van der Waals surface area contributed by atoms with Gasteiger partial charge in [0.1, 0.15) is 18.5 Å². The molecule has 2 aliphatic rings. The highest BCUT2D eigenvalue weighted by atomic mass is 16.8. The van der Waals surface area contributed by atoms with Crippen molar-refractivity contribution < 1.29 is 23.8 Å². The van der Waals surface area contributed by atoms with E-state index in [4.69, 9.17) is 14.2 Å². The number of carbonyl (C=O) groups excluding carboxylic acids is 2. The first-order valence-electron chi connectivity index (χ1n) is 12.9. The Morgan fingerprint density at radius 3 is 2.53 bits per heavy atom. The van der Waals surface area contributed by atoms with Crippen LogP contribution in [0.3, 0.4) is 0 Å². The molecule has 0 unspecified atom stereocenters. The predicted octanol–water partition coefficient (Wildman–Crippen LogP) is 2.86. The molecule has 3 N–H and O–H groups in total. The number of nitrogens with one attached hydrogen (secondary N) is 3. The lowest BCUT2D eigenvalue weighted by molar-refractivity contribution is -0.197. The number of aromatic nitrogens is 4. The van der Waals surface area contributed by atoms with E-state index < -0.39 is 30.3 Å². The van der Waals surface area contributed by atoms with Gasteiger partial charge in [0, 0.05) is 13.1 Å². The number of hydrogen-bond acceptors (Lipinski definition) is 8. The monoisotopic (exact) mass is 503 g/mol. The van der Waals surface area contributed by atoms with E-state index in [0.29, 0.717) is 24.3 Å². The summed E-state index contributed by atoms with van der Waals surface area (Å²) in [5.74, 6) is -0.841. The van der Waals surface area contributed by atoms with E-state index in [0.717, 1.165) is 12.8 Å². The van der Waals surface area contributed by atoms with Crippen LogP contribution in [0.4, 0.5) is 10.6 Å². The summed E-state index contributed by atoms with van der Waals surface area (Å²) in [7, 11) is 0. The van der Waals surface area contributed by atoms with E-state index >= 15 is 0 Å². The van der Waals surface area contributed by atoms with Crippen LogP contribution in [0.15, 0.2) is 12.7 Å². The Kier molecular flexibility index (Phi) is 8.37. The van der Waals surface area contributed by atoms with Crippen LogP contribution in [0.5, 0.6) is 0 Å². The molecule has 3 amide bonds. The number of rotatable bonds is 11. The van der Waals surface area contributed by atoms with Crippen LogP contribution in [-0.4, -0.2) is 68.6 Å². The molecule has 2 saturated heterocycles. The SMILES string of the molecule is CCCCCCCCNC(=O)Nc1ncnc2c1ncn2[C@@H]1O[C@H](C(=O)NCC)[C@H]2OC(C)(C)O[C@H]21. The molecule has 2 aromatic rings. The first-order valence-corrected chi connectivity index (χ1v) is 12.9. The number of fused-ring (bicyclic) bond motifs is 2. The highest BCUT2D eigenvalue weighted by Gasteiger charge is 2.58. The minimum absolute atomic E-state index is 0.264. The van der Waals surface area contributed by atoms with Gasteiger partial charge in [0.25, 0.3) is 5.91 Å². The second kappa shape index (κ2) is 11.5. The van der Waals surface area contributed by atoms with Gasteiger partial charge in [-0.2, -0.15) is 0 Å². The van der Waals surface area contributed by atoms with E-state index in [1.807, 2.05) is 6.92 Å². The van der Waals surface area contributed by atoms with Gasteiger partial charge in [-0.05, 0) is 27.2 Å². The highest BCUT2D eigenvalue weighted by Crippen LogP contribution is 2.43. The summed E-state index contributed by atoms with van der Waals surface area (Å²) in [4.78, 5) is 38.1. The number of anilines is 1. The van der Waals surface area contributed by atoms with Gasteiger partial charge in [0.2, 0.25) is 0 Å². The first-order chi connectivity index (χ1) is 17.3. The zero-order valence-corrected chi connectivity index (χ0v) is 21.5. The first kappa shape index (κ1) is 26.2. The van der Waals surface area contributed by atoms with Crippen LogP contribution in [-0.2, 0) is 19.0 Å². The van der Waals surface area contributed by atoms with E-state index in [1.54, 1.807) is 24.7 Å². The van der Waals surface area contributed by atoms with Gasteiger partial charge in [-0.25, -0.2) is 19.7 Å².